The second-order valence-electron chi connectivity index (χ2n) is 8.05. The summed E-state index contributed by atoms with van der Waals surface area (Å²) in [5, 5.41) is 31.3. The van der Waals surface area contributed by atoms with Crippen LogP contribution in [0.15, 0.2) is 24.7 Å². The van der Waals surface area contributed by atoms with E-state index < -0.39 is 12.7 Å². The summed E-state index contributed by atoms with van der Waals surface area (Å²) in [7, 11) is 0. The molecule has 0 atom stereocenters. The molecule has 0 aliphatic carbocycles. The zero-order valence-electron chi connectivity index (χ0n) is 19.2. The van der Waals surface area contributed by atoms with Crippen molar-refractivity contribution in [1.82, 2.24) is 14.5 Å². The van der Waals surface area contributed by atoms with Crippen LogP contribution in [0.4, 0.5) is 0 Å². The largest absolute Gasteiger partial charge is 1.00 e. The summed E-state index contributed by atoms with van der Waals surface area (Å²) in [6.45, 7) is -0.252. The number of aromatic nitrogens is 2. The number of aromatic carboxylic acids is 1. The molecule has 1 amide bonds. The van der Waals surface area contributed by atoms with E-state index in [0.717, 1.165) is 18.5 Å². The third-order valence-electron chi connectivity index (χ3n) is 5.51. The third kappa shape index (κ3) is 6.55. The number of carboxylic acids is 1. The van der Waals surface area contributed by atoms with Crippen LogP contribution in [-0.2, 0) is 24.2 Å². The van der Waals surface area contributed by atoms with Crippen molar-refractivity contribution in [2.45, 2.75) is 45.2 Å². The number of ether oxygens (including phenoxy) is 1. The van der Waals surface area contributed by atoms with Crippen LogP contribution in [0, 0.1) is 0 Å². The Morgan fingerprint density at radius 3 is 2.70 bits per heavy atom. The number of amides is 1. The molecule has 2 aliphatic heterocycles. The molecule has 0 spiro atoms. The van der Waals surface area contributed by atoms with Crippen LogP contribution in [0.3, 0.4) is 0 Å². The van der Waals surface area contributed by atoms with E-state index in [-0.39, 0.29) is 107 Å². The molecule has 0 saturated carbocycles. The molecule has 1 saturated heterocycles. The predicted octanol–water partition coefficient (Wildman–Crippen LogP) is -6.64. The van der Waals surface area contributed by atoms with Crippen LogP contribution in [-0.4, -0.2) is 62.3 Å². The van der Waals surface area contributed by atoms with Crippen molar-refractivity contribution >= 4 is 18.6 Å². The van der Waals surface area contributed by atoms with E-state index >= 15 is 0 Å². The minimum Gasteiger partial charge on any atom is -0.669 e. The Balaban J connectivity index is 0.00000193. The van der Waals surface area contributed by atoms with Gasteiger partial charge in [-0.05, 0) is 24.5 Å². The summed E-state index contributed by atoms with van der Waals surface area (Å²) < 4.78 is 12.6. The number of benzene rings is 1. The molecule has 4 rings (SSSR count). The van der Waals surface area contributed by atoms with Gasteiger partial charge in [0.05, 0.1) is 42.4 Å². The van der Waals surface area contributed by atoms with Crippen molar-refractivity contribution in [2.24, 2.45) is 0 Å². The first kappa shape index (κ1) is 28.2. The molecule has 0 bridgehead atoms. The first-order chi connectivity index (χ1) is 14.8. The number of hydrogen-bond acceptors (Lipinski definition) is 8. The predicted molar refractivity (Wildman–Crippen MR) is 107 cm³/mol. The van der Waals surface area contributed by atoms with Gasteiger partial charge < -0.3 is 38.8 Å². The number of likely N-dealkylation sites (tertiary alicyclic amines) is 1. The Morgan fingerprint density at radius 2 is 2.03 bits per heavy atom. The number of fused-ring (bicyclic) bond motifs is 1. The van der Waals surface area contributed by atoms with E-state index in [9.17, 15) is 24.7 Å². The van der Waals surface area contributed by atoms with Gasteiger partial charge in [0.2, 0.25) is 5.91 Å². The Labute approximate surface area is 235 Å². The van der Waals surface area contributed by atoms with Gasteiger partial charge in [0.25, 0.3) is 0 Å². The van der Waals surface area contributed by atoms with E-state index in [1.807, 2.05) is 6.20 Å². The fourth-order valence-corrected chi connectivity index (χ4v) is 3.85. The molecule has 166 valence electrons. The maximum absolute atomic E-state index is 12.4. The van der Waals surface area contributed by atoms with E-state index in [4.69, 9.17) is 9.39 Å². The van der Waals surface area contributed by atoms with E-state index in [2.05, 4.69) is 11.9 Å². The number of rotatable bonds is 7. The molecule has 2 aliphatic rings. The summed E-state index contributed by atoms with van der Waals surface area (Å²) in [6.07, 6.45) is 5.20. The smallest absolute Gasteiger partial charge is 0.669 e. The van der Waals surface area contributed by atoms with Gasteiger partial charge in [0.15, 0.2) is 0 Å². The average Bonchev–Trinajstić information content (AvgIpc) is 3.09. The first-order valence-electron chi connectivity index (χ1n) is 10.4. The summed E-state index contributed by atoms with van der Waals surface area (Å²) >= 11 is 0. The molecule has 2 aromatic rings. The Bertz CT molecular complexity index is 1010. The number of nitrogens with zero attached hydrogens (tertiary/aromatic N) is 3. The van der Waals surface area contributed by atoms with Crippen molar-refractivity contribution in [3.05, 3.63) is 41.5 Å². The standard InChI is InChI=1S/C20H25BN3O7.2Na/c1-2-3-14-8-23(12-22-14)11-17(25)24-9-15(10-24)30-16-5-4-13-6-7-21(28,29)31-19(13)18(16)20(26)27;;/h4-5,8,12,15,28-29H,2-3,6-7,9-11H2,1H3,(H,26,27);;/q-1;2*+1/p-1. The van der Waals surface area contributed by atoms with Crippen LogP contribution in [0.5, 0.6) is 11.5 Å². The minimum absolute atomic E-state index is 0. The molecule has 10 nitrogen and oxygen atoms in total. The molecule has 0 radical (unpaired) electrons. The van der Waals surface area contributed by atoms with Crippen LogP contribution < -0.4 is 73.6 Å². The van der Waals surface area contributed by atoms with Crippen LogP contribution in [0.1, 0.15) is 35.0 Å². The fraction of sp³-hybridized carbons (Fsp3) is 0.450. The van der Waals surface area contributed by atoms with Gasteiger partial charge in [-0.1, -0.05) is 25.7 Å². The monoisotopic (exact) mass is 475 g/mol. The normalized spacial score (nSPS) is 16.4. The molecule has 1 aromatic heterocycles. The van der Waals surface area contributed by atoms with Crippen LogP contribution in [0.2, 0.25) is 6.32 Å². The van der Waals surface area contributed by atoms with E-state index in [1.54, 1.807) is 21.9 Å². The van der Waals surface area contributed by atoms with E-state index in [1.165, 1.54) is 6.07 Å². The number of carbonyl (C=O) groups excluding carboxylic acids is 2. The second kappa shape index (κ2) is 11.6. The topological polar surface area (TPSA) is 137 Å². The molecule has 2 N–H and O–H groups in total. The zero-order valence-corrected chi connectivity index (χ0v) is 23.2. The average molecular weight is 475 g/mol. The van der Waals surface area contributed by atoms with Crippen molar-refractivity contribution in [1.29, 1.82) is 0 Å². The molecule has 0 unspecified atom stereocenters. The summed E-state index contributed by atoms with van der Waals surface area (Å²) in [5.41, 5.74) is 1.14. The summed E-state index contributed by atoms with van der Waals surface area (Å²) in [4.78, 5) is 30.0. The molecule has 33 heavy (non-hydrogen) atoms. The van der Waals surface area contributed by atoms with Crippen molar-refractivity contribution in [3.8, 4) is 11.5 Å². The molecule has 3 heterocycles. The third-order valence-corrected chi connectivity index (χ3v) is 5.51. The fourth-order valence-electron chi connectivity index (χ4n) is 3.85. The Morgan fingerprint density at radius 1 is 1.30 bits per heavy atom. The first-order valence-corrected chi connectivity index (χ1v) is 10.4. The Kier molecular flexibility index (Phi) is 9.90. The zero-order chi connectivity index (χ0) is 22.2. The molecule has 13 heteroatoms. The van der Waals surface area contributed by atoms with Crippen molar-refractivity contribution in [3.63, 3.8) is 0 Å². The van der Waals surface area contributed by atoms with Gasteiger partial charge in [-0.3, -0.25) is 4.79 Å². The number of hydrogen-bond donors (Lipinski definition) is 2. The van der Waals surface area contributed by atoms with Gasteiger partial charge in [-0.25, -0.2) is 4.98 Å². The molecule has 1 aromatic carbocycles. The quantitative estimate of drug-likeness (QED) is 0.378. The van der Waals surface area contributed by atoms with Gasteiger partial charge in [0.1, 0.15) is 18.4 Å². The van der Waals surface area contributed by atoms with Crippen LogP contribution in [0.25, 0.3) is 0 Å². The minimum atomic E-state index is -3.12. The molecule has 1 fully saturated rings. The number of imidazole rings is 1. The number of aryl methyl sites for hydroxylation is 2. The van der Waals surface area contributed by atoms with Gasteiger partial charge in [-0.15, -0.1) is 0 Å². The maximum atomic E-state index is 12.4. The van der Waals surface area contributed by atoms with Gasteiger partial charge in [0, 0.05) is 6.20 Å². The van der Waals surface area contributed by atoms with Crippen LogP contribution >= 0.6 is 0 Å². The number of carboxylic acid groups (broad SMARTS) is 1. The van der Waals surface area contributed by atoms with Crippen molar-refractivity contribution in [2.75, 3.05) is 13.1 Å². The molecular weight excluding hydrogens is 451 g/mol. The van der Waals surface area contributed by atoms with E-state index in [0.29, 0.717) is 18.7 Å². The summed E-state index contributed by atoms with van der Waals surface area (Å²) in [6, 6.07) is 3.14. The maximum Gasteiger partial charge on any atom is 1.00 e. The second-order valence-corrected chi connectivity index (χ2v) is 8.05. The summed E-state index contributed by atoms with van der Waals surface area (Å²) in [5.74, 6) is -1.73. The molecular formula is C20H24BN3Na2O7. The SMILES string of the molecule is CCCc1cn(CC(=O)N2CC(Oc3ccc4c(c3C(=O)[O-])O[B-](O)(O)CC4)C2)cn1.[Na+].[Na+]. The van der Waals surface area contributed by atoms with Gasteiger partial charge in [-0.2, -0.15) is 0 Å². The van der Waals surface area contributed by atoms with Gasteiger partial charge >= 0.3 is 65.9 Å². The Hall–Kier alpha value is -1.05. The number of carbonyl (C=O) groups is 2. The van der Waals surface area contributed by atoms with Crippen molar-refractivity contribution < 1.29 is 93.2 Å².